The van der Waals surface area contributed by atoms with Crippen LogP contribution in [0.3, 0.4) is 0 Å². The number of halogens is 1. The maximum absolute atomic E-state index is 12.6. The summed E-state index contributed by atoms with van der Waals surface area (Å²) in [6.45, 7) is 0.535. The van der Waals surface area contributed by atoms with Gasteiger partial charge in [-0.2, -0.15) is 0 Å². The van der Waals surface area contributed by atoms with Crippen molar-refractivity contribution < 1.29 is 4.79 Å². The second-order valence-corrected chi connectivity index (χ2v) is 7.10. The van der Waals surface area contributed by atoms with Crippen LogP contribution in [0.25, 0.3) is 0 Å². The quantitative estimate of drug-likeness (QED) is 0.775. The maximum atomic E-state index is 12.6. The standard InChI is InChI=1S/C15H14ClN2OP/c1-17-14-10-6-5-9-13(14)15(19)18(20(17)16)11-12-7-3-2-4-8-12/h2-10H,11H2,1H3. The molecule has 2 aromatic carbocycles. The molecule has 2 aromatic rings. The van der Waals surface area contributed by atoms with Crippen LogP contribution >= 0.6 is 18.8 Å². The topological polar surface area (TPSA) is 23.6 Å². The van der Waals surface area contributed by atoms with Crippen LogP contribution in [0.2, 0.25) is 0 Å². The Morgan fingerprint density at radius 1 is 1.05 bits per heavy atom. The van der Waals surface area contributed by atoms with Gasteiger partial charge in [0.25, 0.3) is 5.91 Å². The van der Waals surface area contributed by atoms with Gasteiger partial charge in [0, 0.05) is 7.05 Å². The zero-order chi connectivity index (χ0) is 14.1. The molecular weight excluding hydrogens is 291 g/mol. The van der Waals surface area contributed by atoms with Crippen molar-refractivity contribution in [1.29, 1.82) is 0 Å². The van der Waals surface area contributed by atoms with Crippen LogP contribution in [-0.4, -0.2) is 17.6 Å². The van der Waals surface area contributed by atoms with Gasteiger partial charge < -0.3 is 4.67 Å². The van der Waals surface area contributed by atoms with E-state index in [0.29, 0.717) is 12.1 Å². The average molecular weight is 305 g/mol. The summed E-state index contributed by atoms with van der Waals surface area (Å²) in [6.07, 6.45) is 0. The molecule has 0 radical (unpaired) electrons. The number of anilines is 1. The van der Waals surface area contributed by atoms with E-state index in [2.05, 4.69) is 0 Å². The van der Waals surface area contributed by atoms with Crippen LogP contribution in [0.1, 0.15) is 15.9 Å². The van der Waals surface area contributed by atoms with Crippen molar-refractivity contribution in [2.45, 2.75) is 6.54 Å². The van der Waals surface area contributed by atoms with E-state index in [0.717, 1.165) is 11.3 Å². The first-order valence-electron chi connectivity index (χ1n) is 6.33. The Bertz CT molecular complexity index is 635. The number of para-hydroxylation sites is 1. The van der Waals surface area contributed by atoms with Crippen molar-refractivity contribution in [3.8, 4) is 0 Å². The predicted octanol–water partition coefficient (Wildman–Crippen LogP) is 4.24. The Balaban J connectivity index is 1.95. The lowest BCUT2D eigenvalue weighted by molar-refractivity contribution is 0.0858. The second-order valence-electron chi connectivity index (χ2n) is 4.63. The van der Waals surface area contributed by atoms with E-state index in [1.165, 1.54) is 0 Å². The van der Waals surface area contributed by atoms with E-state index in [9.17, 15) is 4.79 Å². The van der Waals surface area contributed by atoms with Crippen LogP contribution in [0.4, 0.5) is 5.69 Å². The van der Waals surface area contributed by atoms with Crippen molar-refractivity contribution in [3.05, 3.63) is 65.7 Å². The summed E-state index contributed by atoms with van der Waals surface area (Å²) >= 11 is 6.50. The van der Waals surface area contributed by atoms with E-state index in [1.54, 1.807) is 4.67 Å². The number of rotatable bonds is 2. The summed E-state index contributed by atoms with van der Waals surface area (Å²) < 4.78 is 3.73. The van der Waals surface area contributed by atoms with Gasteiger partial charge in [0.15, 0.2) is 7.58 Å². The minimum Gasteiger partial charge on any atom is -0.324 e. The highest BCUT2D eigenvalue weighted by molar-refractivity contribution is 7.83. The molecule has 0 fully saturated rings. The number of hydrogen-bond donors (Lipinski definition) is 0. The highest BCUT2D eigenvalue weighted by atomic mass is 35.7. The number of benzene rings is 2. The summed E-state index contributed by atoms with van der Waals surface area (Å²) in [4.78, 5) is 12.6. The number of carbonyl (C=O) groups is 1. The third kappa shape index (κ3) is 2.28. The molecular formula is C15H14ClN2OP. The fourth-order valence-electron chi connectivity index (χ4n) is 2.29. The molecule has 0 saturated heterocycles. The molecule has 20 heavy (non-hydrogen) atoms. The van der Waals surface area contributed by atoms with Crippen LogP contribution in [0.15, 0.2) is 54.6 Å². The van der Waals surface area contributed by atoms with E-state index >= 15 is 0 Å². The second kappa shape index (κ2) is 5.43. The van der Waals surface area contributed by atoms with Gasteiger partial charge in [0.05, 0.1) is 17.8 Å². The zero-order valence-corrected chi connectivity index (χ0v) is 12.7. The van der Waals surface area contributed by atoms with Crippen LogP contribution in [-0.2, 0) is 6.54 Å². The van der Waals surface area contributed by atoms with Crippen LogP contribution in [0.5, 0.6) is 0 Å². The monoisotopic (exact) mass is 304 g/mol. The normalized spacial score (nSPS) is 18.1. The highest BCUT2D eigenvalue weighted by Gasteiger charge is 2.35. The van der Waals surface area contributed by atoms with Crippen molar-refractivity contribution >= 4 is 30.4 Å². The van der Waals surface area contributed by atoms with Gasteiger partial charge in [0.2, 0.25) is 0 Å². The molecule has 0 saturated carbocycles. The van der Waals surface area contributed by atoms with Gasteiger partial charge >= 0.3 is 0 Å². The lowest BCUT2D eigenvalue weighted by atomic mass is 10.1. The third-order valence-corrected chi connectivity index (χ3v) is 6.00. The molecule has 1 unspecified atom stereocenters. The zero-order valence-electron chi connectivity index (χ0n) is 11.0. The van der Waals surface area contributed by atoms with E-state index in [4.69, 9.17) is 11.2 Å². The van der Waals surface area contributed by atoms with Crippen LogP contribution in [0, 0.1) is 0 Å². The predicted molar refractivity (Wildman–Crippen MR) is 83.9 cm³/mol. The maximum Gasteiger partial charge on any atom is 0.261 e. The molecule has 1 amide bonds. The molecule has 1 heterocycles. The number of hydrogen-bond acceptors (Lipinski definition) is 2. The number of nitrogens with zero attached hydrogens (tertiary/aromatic N) is 2. The average Bonchev–Trinajstić information content (AvgIpc) is 2.50. The number of amides is 1. The smallest absolute Gasteiger partial charge is 0.261 e. The molecule has 0 N–H and O–H groups in total. The first-order valence-corrected chi connectivity index (χ1v) is 8.48. The van der Waals surface area contributed by atoms with E-state index in [-0.39, 0.29) is 5.91 Å². The number of fused-ring (bicyclic) bond motifs is 1. The Morgan fingerprint density at radius 2 is 1.70 bits per heavy atom. The van der Waals surface area contributed by atoms with Crippen molar-refractivity contribution in [2.24, 2.45) is 0 Å². The molecule has 1 aliphatic heterocycles. The summed E-state index contributed by atoms with van der Waals surface area (Å²) in [5.41, 5.74) is 2.70. The summed E-state index contributed by atoms with van der Waals surface area (Å²) in [6, 6.07) is 17.5. The Hall–Kier alpha value is -1.57. The van der Waals surface area contributed by atoms with Gasteiger partial charge in [-0.15, -0.1) is 0 Å². The summed E-state index contributed by atoms with van der Waals surface area (Å²) in [5, 5.41) is 0. The van der Waals surface area contributed by atoms with Gasteiger partial charge in [-0.1, -0.05) is 42.5 Å². The molecule has 3 rings (SSSR count). The summed E-state index contributed by atoms with van der Waals surface area (Å²) in [7, 11) is 0.756. The fourth-order valence-corrected chi connectivity index (χ4v) is 4.11. The summed E-state index contributed by atoms with van der Waals surface area (Å²) in [5.74, 6) is 0.00339. The molecule has 0 bridgehead atoms. The van der Waals surface area contributed by atoms with Gasteiger partial charge in [-0.3, -0.25) is 9.46 Å². The van der Waals surface area contributed by atoms with E-state index in [1.807, 2.05) is 66.3 Å². The highest BCUT2D eigenvalue weighted by Crippen LogP contribution is 2.55. The first kappa shape index (κ1) is 13.4. The Morgan fingerprint density at radius 3 is 2.45 bits per heavy atom. The van der Waals surface area contributed by atoms with Crippen LogP contribution < -0.4 is 4.67 Å². The Kier molecular flexibility index (Phi) is 3.64. The van der Waals surface area contributed by atoms with Gasteiger partial charge in [-0.25, -0.2) is 0 Å². The molecule has 1 atom stereocenters. The van der Waals surface area contributed by atoms with Crippen molar-refractivity contribution in [1.82, 2.24) is 4.67 Å². The van der Waals surface area contributed by atoms with Crippen molar-refractivity contribution in [2.75, 3.05) is 11.7 Å². The fraction of sp³-hybridized carbons (Fsp3) is 0.133. The molecule has 0 aliphatic carbocycles. The molecule has 0 spiro atoms. The third-order valence-electron chi connectivity index (χ3n) is 3.34. The van der Waals surface area contributed by atoms with Gasteiger partial charge in [-0.05, 0) is 28.9 Å². The van der Waals surface area contributed by atoms with Gasteiger partial charge in [0.1, 0.15) is 0 Å². The molecule has 1 aliphatic rings. The molecule has 102 valence electrons. The SMILES string of the molecule is CN1c2ccccc2C(=O)N(Cc2ccccc2)P1Cl. The largest absolute Gasteiger partial charge is 0.324 e. The Labute approximate surface area is 124 Å². The lowest BCUT2D eigenvalue weighted by Crippen LogP contribution is -2.35. The van der Waals surface area contributed by atoms with Crippen molar-refractivity contribution in [3.63, 3.8) is 0 Å². The molecule has 0 aromatic heterocycles. The molecule has 3 nitrogen and oxygen atoms in total. The lowest BCUT2D eigenvalue weighted by Gasteiger charge is -2.39. The first-order chi connectivity index (χ1) is 9.68. The minimum atomic E-state index is -1.18. The minimum absolute atomic E-state index is 0.00339. The number of carbonyl (C=O) groups excluding carboxylic acids is 1. The molecule has 5 heteroatoms. The van der Waals surface area contributed by atoms with E-state index < -0.39 is 7.58 Å².